The summed E-state index contributed by atoms with van der Waals surface area (Å²) in [6.45, 7) is 5.66. The quantitative estimate of drug-likeness (QED) is 0.460. The molecular weight excluding hydrogens is 218 g/mol. The second-order valence-corrected chi connectivity index (χ2v) is 10.8. The van der Waals surface area contributed by atoms with E-state index in [0.29, 0.717) is 6.54 Å². The van der Waals surface area contributed by atoms with Crippen LogP contribution in [0.15, 0.2) is 0 Å². The molecule has 0 saturated heterocycles. The molecule has 0 radical (unpaired) electrons. The summed E-state index contributed by atoms with van der Waals surface area (Å²) in [5.41, 5.74) is -0.608. The predicted octanol–water partition coefficient (Wildman–Crippen LogP) is -0.729. The zero-order valence-corrected chi connectivity index (χ0v) is 11.2. The molecule has 1 unspecified atom stereocenters. The lowest BCUT2D eigenvalue weighted by Gasteiger charge is -2.31. The van der Waals surface area contributed by atoms with Gasteiger partial charge in [-0.25, -0.2) is 0 Å². The van der Waals surface area contributed by atoms with Crippen LogP contribution in [0.2, 0.25) is 19.1 Å². The van der Waals surface area contributed by atoms with Gasteiger partial charge in [-0.2, -0.15) is 0 Å². The molecule has 0 heterocycles. The van der Waals surface area contributed by atoms with E-state index in [1.807, 2.05) is 0 Å². The third kappa shape index (κ3) is 5.20. The highest BCUT2D eigenvalue weighted by atomic mass is 28.5. The predicted molar refractivity (Wildman–Crippen MR) is 59.2 cm³/mol. The monoisotopic (exact) mass is 239 g/mol. The number of aliphatic hydroxyl groups excluding tert-OH is 1. The van der Waals surface area contributed by atoms with Crippen molar-refractivity contribution in [1.29, 1.82) is 0 Å². The van der Waals surface area contributed by atoms with Crippen molar-refractivity contribution in [3.05, 3.63) is 0 Å². The van der Waals surface area contributed by atoms with Gasteiger partial charge in [0.15, 0.2) is 0 Å². The Balaban J connectivity index is 4.19. The van der Waals surface area contributed by atoms with E-state index in [4.69, 9.17) is 4.12 Å². The number of nitrogens with one attached hydrogen (secondary N) is 1. The smallest absolute Gasteiger partial charge is 0.413 e. The van der Waals surface area contributed by atoms with Gasteiger partial charge in [0.25, 0.3) is 0 Å². The average Bonchev–Trinajstić information content (AvgIpc) is 1.99. The van der Waals surface area contributed by atoms with Crippen molar-refractivity contribution >= 4 is 17.1 Å². The van der Waals surface area contributed by atoms with Crippen molar-refractivity contribution < 1.29 is 18.8 Å². The third-order valence-corrected chi connectivity index (χ3v) is 8.46. The molecule has 0 fully saturated rings. The first-order valence-corrected chi connectivity index (χ1v) is 9.68. The Labute approximate surface area is 87.2 Å². The molecule has 86 valence electrons. The molecule has 0 aromatic heterocycles. The van der Waals surface area contributed by atoms with E-state index in [2.05, 4.69) is 5.32 Å². The lowest BCUT2D eigenvalue weighted by atomic mass is 10.8. The maximum atomic E-state index is 9.59. The molecule has 0 aliphatic rings. The molecule has 0 spiro atoms. The van der Waals surface area contributed by atoms with Gasteiger partial charge >= 0.3 is 8.80 Å². The summed E-state index contributed by atoms with van der Waals surface area (Å²) >= 11 is 0. The highest BCUT2D eigenvalue weighted by molar-refractivity contribution is 6.80. The van der Waals surface area contributed by atoms with E-state index in [0.717, 1.165) is 0 Å². The fourth-order valence-corrected chi connectivity index (χ4v) is 5.88. The van der Waals surface area contributed by atoms with E-state index >= 15 is 0 Å². The molecule has 7 heteroatoms. The Kier molecular flexibility index (Phi) is 5.44. The molecular formula is C7H21NO4Si2. The number of rotatable bonds is 6. The van der Waals surface area contributed by atoms with Crippen molar-refractivity contribution in [1.82, 2.24) is 5.32 Å². The maximum absolute atomic E-state index is 9.59. The van der Waals surface area contributed by atoms with Gasteiger partial charge in [-0.1, -0.05) is 0 Å². The summed E-state index contributed by atoms with van der Waals surface area (Å²) in [4.78, 5) is 19.2. The second-order valence-electron chi connectivity index (χ2n) is 3.98. The third-order valence-electron chi connectivity index (χ3n) is 2.13. The van der Waals surface area contributed by atoms with Crippen LogP contribution in [0, 0.1) is 0 Å². The average molecular weight is 239 g/mol. The molecule has 0 rings (SSSR count). The normalized spacial score (nSPS) is 15.6. The lowest BCUT2D eigenvalue weighted by molar-refractivity contribution is 0.196. The molecule has 14 heavy (non-hydrogen) atoms. The zero-order valence-electron chi connectivity index (χ0n) is 9.24. The summed E-state index contributed by atoms with van der Waals surface area (Å²) in [6.07, 6.45) is 0. The molecule has 0 aliphatic heterocycles. The van der Waals surface area contributed by atoms with Gasteiger partial charge in [0.05, 0.1) is 5.73 Å². The van der Waals surface area contributed by atoms with Crippen LogP contribution in [0.25, 0.3) is 0 Å². The maximum Gasteiger partial charge on any atom is 0.486 e. The Morgan fingerprint density at radius 1 is 1.36 bits per heavy atom. The van der Waals surface area contributed by atoms with Gasteiger partial charge in [-0.15, -0.1) is 0 Å². The van der Waals surface area contributed by atoms with Crippen LogP contribution in [0.3, 0.4) is 0 Å². The van der Waals surface area contributed by atoms with Gasteiger partial charge in [0.1, 0.15) is 0 Å². The topological polar surface area (TPSA) is 82.0 Å². The zero-order chi connectivity index (χ0) is 11.4. The number of hydrogen-bond acceptors (Lipinski definition) is 5. The highest BCUT2D eigenvalue weighted by Crippen LogP contribution is 2.16. The van der Waals surface area contributed by atoms with Crippen LogP contribution in [0.5, 0.6) is 0 Å². The van der Waals surface area contributed by atoms with E-state index in [-0.39, 0.29) is 6.04 Å². The van der Waals surface area contributed by atoms with Crippen LogP contribution in [-0.2, 0) is 4.12 Å². The number of hydrogen-bond donors (Lipinski definition) is 4. The Bertz CT molecular complexity index is 175. The molecule has 0 aromatic carbocycles. The van der Waals surface area contributed by atoms with Gasteiger partial charge < -0.3 is 24.1 Å². The van der Waals surface area contributed by atoms with Crippen molar-refractivity contribution in [2.24, 2.45) is 0 Å². The second kappa shape index (κ2) is 5.35. The fourth-order valence-electron chi connectivity index (χ4n) is 0.845. The first kappa shape index (κ1) is 14.2. The molecule has 0 bridgehead atoms. The molecule has 5 nitrogen and oxygen atoms in total. The van der Waals surface area contributed by atoms with Crippen molar-refractivity contribution in [2.45, 2.75) is 31.8 Å². The standard InChI is InChI=1S/C7H21NO4Si2/c1-7(9)13(3,4)12-14(10,11)6-5-8-2/h7-11H,5-6H2,1-4H3. The number of aliphatic hydroxyl groups is 1. The molecule has 0 aromatic rings. The Morgan fingerprint density at radius 3 is 2.21 bits per heavy atom. The lowest BCUT2D eigenvalue weighted by Crippen LogP contribution is -2.55. The highest BCUT2D eigenvalue weighted by Gasteiger charge is 2.41. The summed E-state index contributed by atoms with van der Waals surface area (Å²) in [5, 5.41) is 12.2. The van der Waals surface area contributed by atoms with Crippen LogP contribution in [-0.4, -0.2) is 51.1 Å². The van der Waals surface area contributed by atoms with Gasteiger partial charge in [-0.05, 0) is 33.6 Å². The van der Waals surface area contributed by atoms with Crippen LogP contribution in [0.4, 0.5) is 0 Å². The minimum Gasteiger partial charge on any atom is -0.413 e. The largest absolute Gasteiger partial charge is 0.486 e. The summed E-state index contributed by atoms with van der Waals surface area (Å²) < 4.78 is 5.29. The minimum absolute atomic E-state index is 0.215. The van der Waals surface area contributed by atoms with E-state index in [1.165, 1.54) is 0 Å². The van der Waals surface area contributed by atoms with Gasteiger partial charge in [0, 0.05) is 6.04 Å². The first-order chi connectivity index (χ1) is 6.21. The van der Waals surface area contributed by atoms with Crippen LogP contribution < -0.4 is 5.32 Å². The van der Waals surface area contributed by atoms with Crippen LogP contribution >= 0.6 is 0 Å². The van der Waals surface area contributed by atoms with E-state index in [9.17, 15) is 14.7 Å². The van der Waals surface area contributed by atoms with Crippen LogP contribution in [0.1, 0.15) is 6.92 Å². The van der Waals surface area contributed by atoms with Gasteiger partial charge in [-0.3, -0.25) is 0 Å². The molecule has 0 saturated carbocycles. The van der Waals surface area contributed by atoms with E-state index < -0.39 is 22.8 Å². The van der Waals surface area contributed by atoms with Crippen molar-refractivity contribution in [2.75, 3.05) is 13.6 Å². The first-order valence-electron chi connectivity index (χ1n) is 4.69. The van der Waals surface area contributed by atoms with Crippen molar-refractivity contribution in [3.8, 4) is 0 Å². The van der Waals surface area contributed by atoms with Crippen molar-refractivity contribution in [3.63, 3.8) is 0 Å². The summed E-state index contributed by atoms with van der Waals surface area (Å²) in [7, 11) is -4.22. The summed E-state index contributed by atoms with van der Waals surface area (Å²) in [5.74, 6) is 0. The minimum atomic E-state index is -3.58. The fraction of sp³-hybridized carbons (Fsp3) is 1.00. The Morgan fingerprint density at radius 2 is 1.86 bits per heavy atom. The molecule has 0 aliphatic carbocycles. The summed E-state index contributed by atoms with van der Waals surface area (Å²) in [6, 6.07) is 0.215. The van der Waals surface area contributed by atoms with E-state index in [1.54, 1.807) is 27.1 Å². The molecule has 0 amide bonds. The molecule has 1 atom stereocenters. The Hall–Kier alpha value is 0.234. The van der Waals surface area contributed by atoms with Gasteiger partial charge in [0.2, 0.25) is 8.32 Å². The molecule has 4 N–H and O–H groups in total. The SMILES string of the molecule is CNCC[Si](O)(O)O[Si](C)(C)C(C)O.